The van der Waals surface area contributed by atoms with Crippen molar-refractivity contribution in [3.63, 3.8) is 0 Å². The molecule has 13 heavy (non-hydrogen) atoms. The summed E-state index contributed by atoms with van der Waals surface area (Å²) in [6, 6.07) is 0. The third-order valence-corrected chi connectivity index (χ3v) is 1.80. The smallest absolute Gasteiger partial charge is 0.303 e. The van der Waals surface area contributed by atoms with Gasteiger partial charge in [0.15, 0.2) is 0 Å². The standard InChI is InChI=1S/C10H21NO2/c1-10(2,3)6-8-11-7-4-5-9(12)13/h11H,4-8H2,1-3H3,(H,12,13). The molecular formula is C10H21NO2. The summed E-state index contributed by atoms with van der Waals surface area (Å²) in [5.74, 6) is -0.711. The fourth-order valence-corrected chi connectivity index (χ4v) is 0.953. The molecule has 0 rings (SSSR count). The number of carboxylic acids is 1. The van der Waals surface area contributed by atoms with Gasteiger partial charge in [0, 0.05) is 6.42 Å². The lowest BCUT2D eigenvalue weighted by Gasteiger charge is -2.17. The number of hydrogen-bond acceptors (Lipinski definition) is 2. The second-order valence-electron chi connectivity index (χ2n) is 4.56. The first-order valence-corrected chi connectivity index (χ1v) is 4.84. The van der Waals surface area contributed by atoms with Crippen LogP contribution >= 0.6 is 0 Å². The Balaban J connectivity index is 3.13. The predicted molar refractivity (Wildman–Crippen MR) is 53.8 cm³/mol. The summed E-state index contributed by atoms with van der Waals surface area (Å²) in [5.41, 5.74) is 0.361. The van der Waals surface area contributed by atoms with E-state index in [2.05, 4.69) is 26.1 Å². The molecule has 0 aromatic rings. The summed E-state index contributed by atoms with van der Waals surface area (Å²) in [7, 11) is 0. The fraction of sp³-hybridized carbons (Fsp3) is 0.900. The van der Waals surface area contributed by atoms with E-state index < -0.39 is 5.97 Å². The van der Waals surface area contributed by atoms with E-state index in [0.29, 0.717) is 5.41 Å². The van der Waals surface area contributed by atoms with Gasteiger partial charge in [0.2, 0.25) is 0 Å². The van der Waals surface area contributed by atoms with Gasteiger partial charge in [-0.3, -0.25) is 4.79 Å². The van der Waals surface area contributed by atoms with Gasteiger partial charge in [0.25, 0.3) is 0 Å². The van der Waals surface area contributed by atoms with Crippen molar-refractivity contribution in [3.05, 3.63) is 0 Å². The minimum Gasteiger partial charge on any atom is -0.481 e. The van der Waals surface area contributed by atoms with Crippen LogP contribution in [0, 0.1) is 5.41 Å². The number of carbonyl (C=O) groups is 1. The fourth-order valence-electron chi connectivity index (χ4n) is 0.953. The van der Waals surface area contributed by atoms with E-state index in [1.54, 1.807) is 0 Å². The van der Waals surface area contributed by atoms with E-state index >= 15 is 0 Å². The normalized spacial score (nSPS) is 11.6. The van der Waals surface area contributed by atoms with Crippen molar-refractivity contribution in [2.24, 2.45) is 5.41 Å². The molecule has 0 heterocycles. The van der Waals surface area contributed by atoms with Crippen molar-refractivity contribution in [1.82, 2.24) is 5.32 Å². The highest BCUT2D eigenvalue weighted by Gasteiger charge is 2.08. The van der Waals surface area contributed by atoms with Crippen LogP contribution in [0.5, 0.6) is 0 Å². The first kappa shape index (κ1) is 12.4. The van der Waals surface area contributed by atoms with E-state index in [9.17, 15) is 4.79 Å². The van der Waals surface area contributed by atoms with Crippen LogP contribution in [-0.2, 0) is 4.79 Å². The molecular weight excluding hydrogens is 166 g/mol. The minimum absolute atomic E-state index is 0.266. The Morgan fingerprint density at radius 2 is 1.92 bits per heavy atom. The summed E-state index contributed by atoms with van der Waals surface area (Å²) >= 11 is 0. The van der Waals surface area contributed by atoms with E-state index in [4.69, 9.17) is 5.11 Å². The first-order chi connectivity index (χ1) is 5.92. The van der Waals surface area contributed by atoms with Crippen LogP contribution in [-0.4, -0.2) is 24.2 Å². The molecule has 3 nitrogen and oxygen atoms in total. The van der Waals surface area contributed by atoms with Crippen molar-refractivity contribution in [2.75, 3.05) is 13.1 Å². The van der Waals surface area contributed by atoms with E-state index in [-0.39, 0.29) is 6.42 Å². The highest BCUT2D eigenvalue weighted by Crippen LogP contribution is 2.16. The highest BCUT2D eigenvalue weighted by molar-refractivity contribution is 5.66. The van der Waals surface area contributed by atoms with Gasteiger partial charge in [-0.2, -0.15) is 0 Å². The van der Waals surface area contributed by atoms with Crippen LogP contribution < -0.4 is 5.32 Å². The molecule has 0 aliphatic carbocycles. The maximum absolute atomic E-state index is 10.2. The van der Waals surface area contributed by atoms with Crippen molar-refractivity contribution >= 4 is 5.97 Å². The number of aliphatic carboxylic acids is 1. The van der Waals surface area contributed by atoms with Crippen molar-refractivity contribution in [3.8, 4) is 0 Å². The van der Waals surface area contributed by atoms with Crippen LogP contribution in [0.4, 0.5) is 0 Å². The summed E-state index contributed by atoms with van der Waals surface area (Å²) in [4.78, 5) is 10.2. The third-order valence-electron chi connectivity index (χ3n) is 1.80. The van der Waals surface area contributed by atoms with Crippen LogP contribution in [0.25, 0.3) is 0 Å². The summed E-state index contributed by atoms with van der Waals surface area (Å²) in [6.45, 7) is 8.38. The topological polar surface area (TPSA) is 49.3 Å². The molecule has 0 unspecified atom stereocenters. The number of nitrogens with one attached hydrogen (secondary N) is 1. The molecule has 0 saturated carbocycles. The van der Waals surface area contributed by atoms with Crippen LogP contribution in [0.3, 0.4) is 0 Å². The van der Waals surface area contributed by atoms with Crippen molar-refractivity contribution in [2.45, 2.75) is 40.0 Å². The molecule has 0 saturated heterocycles. The SMILES string of the molecule is CC(C)(C)CCNCCCC(=O)O. The zero-order valence-corrected chi connectivity index (χ0v) is 8.89. The average Bonchev–Trinajstić information content (AvgIpc) is 1.93. The minimum atomic E-state index is -0.711. The van der Waals surface area contributed by atoms with Gasteiger partial charge in [-0.1, -0.05) is 20.8 Å². The van der Waals surface area contributed by atoms with Gasteiger partial charge < -0.3 is 10.4 Å². The molecule has 0 aliphatic heterocycles. The summed E-state index contributed by atoms with van der Waals surface area (Å²) in [6.07, 6.45) is 2.11. The maximum Gasteiger partial charge on any atom is 0.303 e. The lowest BCUT2D eigenvalue weighted by atomic mass is 9.92. The second-order valence-corrected chi connectivity index (χ2v) is 4.56. The third kappa shape index (κ3) is 11.4. The highest BCUT2D eigenvalue weighted by atomic mass is 16.4. The number of carboxylic acid groups (broad SMARTS) is 1. The lowest BCUT2D eigenvalue weighted by Crippen LogP contribution is -2.21. The maximum atomic E-state index is 10.2. The van der Waals surface area contributed by atoms with E-state index in [1.165, 1.54) is 0 Å². The molecule has 0 aromatic heterocycles. The van der Waals surface area contributed by atoms with Crippen molar-refractivity contribution < 1.29 is 9.90 Å². The van der Waals surface area contributed by atoms with Gasteiger partial charge in [0.05, 0.1) is 0 Å². The second kappa shape index (κ2) is 5.97. The quantitative estimate of drug-likeness (QED) is 0.624. The number of hydrogen-bond donors (Lipinski definition) is 2. The molecule has 0 aromatic carbocycles. The Kier molecular flexibility index (Phi) is 5.71. The molecule has 0 radical (unpaired) electrons. The molecule has 0 fully saturated rings. The lowest BCUT2D eigenvalue weighted by molar-refractivity contribution is -0.137. The Morgan fingerprint density at radius 1 is 1.31 bits per heavy atom. The zero-order chi connectivity index (χ0) is 10.3. The largest absolute Gasteiger partial charge is 0.481 e. The Labute approximate surface area is 80.5 Å². The Bertz CT molecular complexity index is 149. The summed E-state index contributed by atoms with van der Waals surface area (Å²) in [5, 5.41) is 11.6. The zero-order valence-electron chi connectivity index (χ0n) is 8.89. The molecule has 0 aliphatic rings. The number of rotatable bonds is 6. The summed E-state index contributed by atoms with van der Waals surface area (Å²) < 4.78 is 0. The molecule has 0 amide bonds. The first-order valence-electron chi connectivity index (χ1n) is 4.84. The molecule has 0 bridgehead atoms. The molecule has 0 atom stereocenters. The van der Waals surface area contributed by atoms with Gasteiger partial charge in [-0.05, 0) is 31.3 Å². The van der Waals surface area contributed by atoms with Gasteiger partial charge in [-0.15, -0.1) is 0 Å². The van der Waals surface area contributed by atoms with E-state index in [1.807, 2.05) is 0 Å². The average molecular weight is 187 g/mol. The van der Waals surface area contributed by atoms with Crippen molar-refractivity contribution in [1.29, 1.82) is 0 Å². The van der Waals surface area contributed by atoms with E-state index in [0.717, 1.165) is 25.9 Å². The predicted octanol–water partition coefficient (Wildman–Crippen LogP) is 1.88. The van der Waals surface area contributed by atoms with Gasteiger partial charge in [0.1, 0.15) is 0 Å². The monoisotopic (exact) mass is 187 g/mol. The van der Waals surface area contributed by atoms with Crippen LogP contribution in [0.15, 0.2) is 0 Å². The van der Waals surface area contributed by atoms with Crippen LogP contribution in [0.2, 0.25) is 0 Å². The molecule has 78 valence electrons. The Morgan fingerprint density at radius 3 is 2.38 bits per heavy atom. The van der Waals surface area contributed by atoms with Gasteiger partial charge >= 0.3 is 5.97 Å². The molecule has 3 heteroatoms. The van der Waals surface area contributed by atoms with Crippen LogP contribution in [0.1, 0.15) is 40.0 Å². The molecule has 2 N–H and O–H groups in total. The molecule has 0 spiro atoms. The van der Waals surface area contributed by atoms with Gasteiger partial charge in [-0.25, -0.2) is 0 Å². The Hall–Kier alpha value is -0.570.